The summed E-state index contributed by atoms with van der Waals surface area (Å²) in [5, 5.41) is 11.7. The normalized spacial score (nSPS) is 13.7. The molecular formula is C32H26FN5O4S. The van der Waals surface area contributed by atoms with Gasteiger partial charge in [-0.15, -0.1) is 0 Å². The van der Waals surface area contributed by atoms with Crippen LogP contribution in [-0.2, 0) is 16.4 Å². The summed E-state index contributed by atoms with van der Waals surface area (Å²) in [6.07, 6.45) is 4.79. The Hall–Kier alpha value is -4.87. The van der Waals surface area contributed by atoms with Gasteiger partial charge >= 0.3 is 0 Å². The maximum absolute atomic E-state index is 15.2. The van der Waals surface area contributed by atoms with E-state index in [9.17, 15) is 18.3 Å². The number of nitrogens with one attached hydrogen (secondary N) is 1. The maximum atomic E-state index is 15.2. The number of sulfone groups is 1. The first-order chi connectivity index (χ1) is 20.6. The van der Waals surface area contributed by atoms with E-state index in [4.69, 9.17) is 5.73 Å². The minimum Gasteiger partial charge on any atom is -0.392 e. The highest BCUT2D eigenvalue weighted by Crippen LogP contribution is 2.41. The Kier molecular flexibility index (Phi) is 6.19. The van der Waals surface area contributed by atoms with E-state index in [-0.39, 0.29) is 16.2 Å². The van der Waals surface area contributed by atoms with Crippen LogP contribution in [0.25, 0.3) is 50.0 Å². The van der Waals surface area contributed by atoms with Crippen molar-refractivity contribution in [2.75, 3.05) is 12.0 Å². The average Bonchev–Trinajstić information content (AvgIpc) is 3.75. The smallest absolute Gasteiger partial charge is 0.265 e. The van der Waals surface area contributed by atoms with Crippen LogP contribution in [0.2, 0.25) is 0 Å². The lowest BCUT2D eigenvalue weighted by Crippen LogP contribution is -2.20. The second kappa shape index (κ2) is 9.85. The van der Waals surface area contributed by atoms with Crippen LogP contribution in [0.1, 0.15) is 29.9 Å². The molecule has 0 atom stereocenters. The Morgan fingerprint density at radius 3 is 2.53 bits per heavy atom. The van der Waals surface area contributed by atoms with Gasteiger partial charge in [0.05, 0.1) is 28.3 Å². The number of aliphatic hydroxyl groups excluding tert-OH is 1. The fourth-order valence-corrected chi connectivity index (χ4v) is 6.28. The molecule has 7 rings (SSSR count). The topological polar surface area (TPSA) is 144 Å². The molecule has 0 spiro atoms. The molecule has 1 aliphatic carbocycles. The van der Waals surface area contributed by atoms with Crippen molar-refractivity contribution < 1.29 is 17.9 Å². The highest BCUT2D eigenvalue weighted by Gasteiger charge is 2.25. The van der Waals surface area contributed by atoms with Crippen molar-refractivity contribution in [2.45, 2.75) is 30.3 Å². The first kappa shape index (κ1) is 27.0. The van der Waals surface area contributed by atoms with E-state index in [0.717, 1.165) is 30.2 Å². The maximum Gasteiger partial charge on any atom is 0.265 e. The summed E-state index contributed by atoms with van der Waals surface area (Å²) in [6, 6.07) is 18.5. The molecule has 216 valence electrons. The van der Waals surface area contributed by atoms with Gasteiger partial charge in [-0.05, 0) is 71.7 Å². The molecule has 3 aromatic carbocycles. The first-order valence-electron chi connectivity index (χ1n) is 13.7. The highest BCUT2D eigenvalue weighted by atomic mass is 32.2. The lowest BCUT2D eigenvalue weighted by molar-refractivity contribution is 0.282. The summed E-state index contributed by atoms with van der Waals surface area (Å²) in [5.41, 5.74) is 10.0. The number of anilines is 1. The third-order valence-electron chi connectivity index (χ3n) is 7.95. The number of halogens is 1. The van der Waals surface area contributed by atoms with Gasteiger partial charge in [0.1, 0.15) is 11.5 Å². The molecule has 1 aliphatic rings. The van der Waals surface area contributed by atoms with Crippen molar-refractivity contribution >= 4 is 37.6 Å². The van der Waals surface area contributed by atoms with Gasteiger partial charge in [-0.3, -0.25) is 9.36 Å². The summed E-state index contributed by atoms with van der Waals surface area (Å²) in [4.78, 5) is 25.9. The predicted molar refractivity (Wildman–Crippen MR) is 163 cm³/mol. The molecule has 0 unspecified atom stereocenters. The molecule has 1 saturated carbocycles. The van der Waals surface area contributed by atoms with Gasteiger partial charge in [-0.1, -0.05) is 30.3 Å². The highest BCUT2D eigenvalue weighted by molar-refractivity contribution is 7.90. The van der Waals surface area contributed by atoms with E-state index in [1.165, 1.54) is 22.8 Å². The molecule has 3 heterocycles. The number of aromatic nitrogens is 4. The van der Waals surface area contributed by atoms with Crippen molar-refractivity contribution in [3.63, 3.8) is 0 Å². The number of rotatable bonds is 6. The van der Waals surface area contributed by atoms with Crippen LogP contribution >= 0.6 is 0 Å². The van der Waals surface area contributed by atoms with Crippen molar-refractivity contribution in [1.82, 2.24) is 19.5 Å². The number of aliphatic hydroxyl groups is 1. The number of nitrogens with two attached hydrogens (primary N) is 1. The minimum absolute atomic E-state index is 0.00553. The molecule has 4 N–H and O–H groups in total. The number of hydrogen-bond acceptors (Lipinski definition) is 7. The minimum atomic E-state index is -3.35. The van der Waals surface area contributed by atoms with E-state index in [2.05, 4.69) is 15.0 Å². The van der Waals surface area contributed by atoms with Crippen molar-refractivity contribution in [1.29, 1.82) is 0 Å². The monoisotopic (exact) mass is 595 g/mol. The first-order valence-corrected chi connectivity index (χ1v) is 15.6. The van der Waals surface area contributed by atoms with Gasteiger partial charge in [-0.25, -0.2) is 17.8 Å². The molecule has 0 aliphatic heterocycles. The number of H-pyrrole nitrogens is 1. The lowest BCUT2D eigenvalue weighted by atomic mass is 10.00. The molecule has 3 aromatic heterocycles. The van der Waals surface area contributed by atoms with Gasteiger partial charge in [-0.2, -0.15) is 4.98 Å². The van der Waals surface area contributed by atoms with Crippen molar-refractivity contribution in [3.8, 4) is 28.2 Å². The number of nitrogens with zero attached hydrogens (tertiary/aromatic N) is 3. The number of hydrogen-bond donors (Lipinski definition) is 3. The van der Waals surface area contributed by atoms with Crippen LogP contribution in [0.5, 0.6) is 0 Å². The van der Waals surface area contributed by atoms with Crippen LogP contribution in [0, 0.1) is 5.82 Å². The number of nitrogen functional groups attached to an aromatic ring is 1. The van der Waals surface area contributed by atoms with Gasteiger partial charge < -0.3 is 15.8 Å². The van der Waals surface area contributed by atoms with Crippen LogP contribution in [0.15, 0.2) is 82.6 Å². The Bertz CT molecular complexity index is 2260. The summed E-state index contributed by atoms with van der Waals surface area (Å²) in [5.74, 6) is -0.221. The second-order valence-corrected chi connectivity index (χ2v) is 12.9. The van der Waals surface area contributed by atoms with Crippen LogP contribution < -0.4 is 11.3 Å². The summed E-state index contributed by atoms with van der Waals surface area (Å²) >= 11 is 0. The Morgan fingerprint density at radius 1 is 1.07 bits per heavy atom. The Morgan fingerprint density at radius 2 is 1.84 bits per heavy atom. The lowest BCUT2D eigenvalue weighted by Gasteiger charge is -2.16. The quantitative estimate of drug-likeness (QED) is 0.243. The zero-order valence-corrected chi connectivity index (χ0v) is 23.8. The van der Waals surface area contributed by atoms with Crippen LogP contribution in [-0.4, -0.2) is 39.3 Å². The van der Waals surface area contributed by atoms with Gasteiger partial charge in [0.15, 0.2) is 9.84 Å². The zero-order valence-electron chi connectivity index (χ0n) is 23.0. The molecule has 0 amide bonds. The van der Waals surface area contributed by atoms with Gasteiger partial charge in [0.2, 0.25) is 5.95 Å². The summed E-state index contributed by atoms with van der Waals surface area (Å²) in [7, 11) is -3.35. The molecule has 0 bridgehead atoms. The summed E-state index contributed by atoms with van der Waals surface area (Å²) in [6.45, 7) is -0.436. The van der Waals surface area contributed by atoms with Crippen molar-refractivity contribution in [3.05, 3.63) is 100 Å². The number of fused-ring (bicyclic) bond motifs is 2. The molecule has 0 radical (unpaired) electrons. The predicted octanol–water partition coefficient (Wildman–Crippen LogP) is 5.09. The fraction of sp³-hybridized carbons (Fsp3) is 0.156. The van der Waals surface area contributed by atoms with E-state index >= 15 is 4.39 Å². The molecular weight excluding hydrogens is 569 g/mol. The number of aromatic amines is 1. The molecule has 11 heteroatoms. The third-order valence-corrected chi connectivity index (χ3v) is 9.08. The largest absolute Gasteiger partial charge is 0.392 e. The number of benzene rings is 3. The summed E-state index contributed by atoms with van der Waals surface area (Å²) < 4.78 is 40.4. The van der Waals surface area contributed by atoms with Crippen LogP contribution in [0.4, 0.5) is 10.3 Å². The van der Waals surface area contributed by atoms with E-state index in [0.29, 0.717) is 50.5 Å². The molecule has 0 saturated heterocycles. The SMILES string of the molecule is CS(=O)(=O)c1ccc(-c2cc3c(-c4cccc(-n5ccc6cc(C7CC7)cc(F)c6c5=O)c4CO)nc(N)nc3[nH]2)cc1. The average molecular weight is 596 g/mol. The van der Waals surface area contributed by atoms with Crippen molar-refractivity contribution in [2.24, 2.45) is 0 Å². The zero-order chi connectivity index (χ0) is 30.0. The number of pyridine rings is 1. The van der Waals surface area contributed by atoms with E-state index in [1.54, 1.807) is 42.6 Å². The molecule has 6 aromatic rings. The molecule has 1 fully saturated rings. The van der Waals surface area contributed by atoms with E-state index < -0.39 is 27.8 Å². The van der Waals surface area contributed by atoms with Gasteiger partial charge in [0.25, 0.3) is 5.56 Å². The standard InChI is InChI=1S/C32H26FN5O4S/c1-43(41,42)21-9-7-18(8-10-21)26-15-23-29(36-32(34)37-30(23)35-26)22-3-2-4-27(24(22)16-39)38-12-11-19-13-20(17-5-6-17)14-25(33)28(19)31(38)40/h2-4,7-15,17,39H,5-6,16H2,1H3,(H3,34,35,36,37). The van der Waals surface area contributed by atoms with Crippen LogP contribution in [0.3, 0.4) is 0 Å². The Balaban J connectivity index is 1.37. The molecule has 9 nitrogen and oxygen atoms in total. The van der Waals surface area contributed by atoms with Gasteiger partial charge in [0, 0.05) is 34.7 Å². The fourth-order valence-electron chi connectivity index (χ4n) is 5.65. The Labute approximate surface area is 245 Å². The second-order valence-electron chi connectivity index (χ2n) is 10.9. The van der Waals surface area contributed by atoms with E-state index in [1.807, 2.05) is 12.1 Å². The molecule has 43 heavy (non-hydrogen) atoms. The third kappa shape index (κ3) is 4.66.